The second kappa shape index (κ2) is 15.9. The van der Waals surface area contributed by atoms with Crippen LogP contribution in [0.1, 0.15) is 94.8 Å². The van der Waals surface area contributed by atoms with E-state index in [9.17, 15) is 14.4 Å². The molecule has 0 spiro atoms. The zero-order valence-corrected chi connectivity index (χ0v) is 20.6. The number of hydrogen-bond acceptors (Lipinski definition) is 6. The Kier molecular flexibility index (Phi) is 12.8. The van der Waals surface area contributed by atoms with Gasteiger partial charge in [-0.2, -0.15) is 0 Å². The Morgan fingerprint density at radius 1 is 0.765 bits per heavy atom. The maximum Gasteiger partial charge on any atom is 0.343 e. The molecular formula is C28H38O6. The first-order valence-electron chi connectivity index (χ1n) is 12.6. The second-order valence-electron chi connectivity index (χ2n) is 8.54. The van der Waals surface area contributed by atoms with Crippen molar-refractivity contribution in [2.45, 2.75) is 84.5 Å². The van der Waals surface area contributed by atoms with E-state index in [1.54, 1.807) is 24.3 Å². The third-order valence-electron chi connectivity index (χ3n) is 5.60. The average molecular weight is 471 g/mol. The number of unbranched alkanes of at least 4 members (excludes halogenated alkanes) is 8. The molecule has 0 atom stereocenters. The minimum atomic E-state index is -0.620. The van der Waals surface area contributed by atoms with Gasteiger partial charge in [0.1, 0.15) is 17.1 Å². The Morgan fingerprint density at radius 3 is 2.06 bits per heavy atom. The topological polar surface area (TPSA) is 78.9 Å². The molecule has 0 saturated heterocycles. The fourth-order valence-corrected chi connectivity index (χ4v) is 3.54. The quantitative estimate of drug-likeness (QED) is 0.156. The van der Waals surface area contributed by atoms with Gasteiger partial charge in [-0.15, -0.1) is 0 Å². The molecule has 1 aliphatic carbocycles. The highest BCUT2D eigenvalue weighted by atomic mass is 16.5. The average Bonchev–Trinajstić information content (AvgIpc) is 2.83. The smallest absolute Gasteiger partial charge is 0.343 e. The number of ether oxygens (including phenoxy) is 3. The van der Waals surface area contributed by atoms with Gasteiger partial charge in [-0.1, -0.05) is 65.2 Å². The number of hydrogen-bond donors (Lipinski definition) is 0. The van der Waals surface area contributed by atoms with Crippen molar-refractivity contribution >= 4 is 17.7 Å². The minimum absolute atomic E-state index is 0.00813. The predicted octanol–water partition coefficient (Wildman–Crippen LogP) is 6.49. The fraction of sp³-hybridized carbons (Fsp3) is 0.536. The Morgan fingerprint density at radius 2 is 1.38 bits per heavy atom. The molecule has 0 amide bonds. The van der Waals surface area contributed by atoms with Crippen LogP contribution < -0.4 is 4.74 Å². The van der Waals surface area contributed by atoms with Gasteiger partial charge in [-0.05, 0) is 49.3 Å². The lowest BCUT2D eigenvalue weighted by Crippen LogP contribution is -2.20. The summed E-state index contributed by atoms with van der Waals surface area (Å²) in [6.45, 7) is 5.29. The maximum atomic E-state index is 12.4. The first kappa shape index (κ1) is 27.4. The van der Waals surface area contributed by atoms with E-state index in [0.717, 1.165) is 32.1 Å². The van der Waals surface area contributed by atoms with E-state index < -0.39 is 17.7 Å². The molecular weight excluding hydrogens is 432 g/mol. The number of esters is 2. The zero-order chi connectivity index (χ0) is 24.6. The van der Waals surface area contributed by atoms with E-state index in [4.69, 9.17) is 14.2 Å². The van der Waals surface area contributed by atoms with Gasteiger partial charge in [0.2, 0.25) is 0 Å². The first-order valence-corrected chi connectivity index (χ1v) is 12.6. The monoisotopic (exact) mass is 470 g/mol. The lowest BCUT2D eigenvalue weighted by molar-refractivity contribution is -0.140. The largest absolute Gasteiger partial charge is 0.494 e. The third-order valence-corrected chi connectivity index (χ3v) is 5.60. The van der Waals surface area contributed by atoms with E-state index in [1.165, 1.54) is 44.3 Å². The van der Waals surface area contributed by atoms with Crippen molar-refractivity contribution < 1.29 is 28.6 Å². The normalized spacial score (nSPS) is 13.2. The summed E-state index contributed by atoms with van der Waals surface area (Å²) in [5.41, 5.74) is 0.353. The molecule has 0 aliphatic heterocycles. The molecule has 6 nitrogen and oxygen atoms in total. The molecule has 0 unspecified atom stereocenters. The lowest BCUT2D eigenvalue weighted by atomic mass is 10.0. The fourth-order valence-electron chi connectivity index (χ4n) is 3.54. The summed E-state index contributed by atoms with van der Waals surface area (Å²) in [4.78, 5) is 37.0. The van der Waals surface area contributed by atoms with E-state index in [0.29, 0.717) is 24.5 Å². The molecule has 0 aromatic heterocycles. The molecule has 0 N–H and O–H groups in total. The standard InChI is InChI=1S/C28H38O6/c1-3-5-7-9-10-12-20-33-28(31)25-18-17-24(21-26(25)29)34-27(30)22-13-15-23(16-14-22)32-19-11-8-6-4-2/h13-18H,3-12,19-21H2,1-2H3. The number of ketones is 1. The number of carbonyl (C=O) groups is 3. The van der Waals surface area contributed by atoms with Crippen LogP contribution in [0.2, 0.25) is 0 Å². The number of Topliss-reactive ketones (excluding diaryl/α,β-unsaturated/α-hetero) is 1. The van der Waals surface area contributed by atoms with Gasteiger partial charge >= 0.3 is 11.9 Å². The molecule has 0 saturated carbocycles. The highest BCUT2D eigenvalue weighted by Gasteiger charge is 2.25. The van der Waals surface area contributed by atoms with Crippen molar-refractivity contribution in [1.82, 2.24) is 0 Å². The second-order valence-corrected chi connectivity index (χ2v) is 8.54. The SMILES string of the molecule is CCCCCCCCOC(=O)C1=CC=C(OC(=O)c2ccc(OCCCCCC)cc2)CC1=O. The highest BCUT2D eigenvalue weighted by molar-refractivity contribution is 6.18. The molecule has 1 aromatic carbocycles. The Balaban J connectivity index is 1.77. The van der Waals surface area contributed by atoms with Crippen LogP contribution in [0.15, 0.2) is 47.7 Å². The zero-order valence-electron chi connectivity index (χ0n) is 20.6. The van der Waals surface area contributed by atoms with E-state index in [2.05, 4.69) is 13.8 Å². The van der Waals surface area contributed by atoms with Crippen molar-refractivity contribution in [3.8, 4) is 5.75 Å². The third kappa shape index (κ3) is 9.94. The van der Waals surface area contributed by atoms with Crippen LogP contribution in [0.4, 0.5) is 0 Å². The van der Waals surface area contributed by atoms with E-state index in [-0.39, 0.29) is 17.8 Å². The molecule has 0 bridgehead atoms. The van der Waals surface area contributed by atoms with Gasteiger partial charge in [0.15, 0.2) is 5.78 Å². The van der Waals surface area contributed by atoms with Crippen LogP contribution >= 0.6 is 0 Å². The molecule has 34 heavy (non-hydrogen) atoms. The van der Waals surface area contributed by atoms with Gasteiger partial charge in [0, 0.05) is 0 Å². The molecule has 0 fully saturated rings. The van der Waals surface area contributed by atoms with Gasteiger partial charge in [0.25, 0.3) is 0 Å². The molecule has 1 aromatic rings. The molecule has 1 aliphatic rings. The Labute approximate surface area is 203 Å². The maximum absolute atomic E-state index is 12.4. The van der Waals surface area contributed by atoms with Crippen molar-refractivity contribution in [3.05, 3.63) is 53.3 Å². The van der Waals surface area contributed by atoms with E-state index >= 15 is 0 Å². The van der Waals surface area contributed by atoms with Gasteiger partial charge in [-0.3, -0.25) is 4.79 Å². The summed E-state index contributed by atoms with van der Waals surface area (Å²) in [6.07, 6.45) is 13.7. The summed E-state index contributed by atoms with van der Waals surface area (Å²) in [6, 6.07) is 6.73. The van der Waals surface area contributed by atoms with Crippen LogP contribution in [0, 0.1) is 0 Å². The Bertz CT molecular complexity index is 850. The lowest BCUT2D eigenvalue weighted by Gasteiger charge is -2.14. The predicted molar refractivity (Wildman–Crippen MR) is 132 cm³/mol. The summed E-state index contributed by atoms with van der Waals surface area (Å²) in [5, 5.41) is 0. The van der Waals surface area contributed by atoms with Gasteiger partial charge in [0.05, 0.1) is 25.2 Å². The van der Waals surface area contributed by atoms with Gasteiger partial charge < -0.3 is 14.2 Å². The van der Waals surface area contributed by atoms with Gasteiger partial charge in [-0.25, -0.2) is 9.59 Å². The van der Waals surface area contributed by atoms with Crippen LogP contribution in [0.3, 0.4) is 0 Å². The van der Waals surface area contributed by atoms with Crippen molar-refractivity contribution in [2.75, 3.05) is 13.2 Å². The molecule has 186 valence electrons. The first-order chi connectivity index (χ1) is 16.5. The summed E-state index contributed by atoms with van der Waals surface area (Å²) < 4.78 is 16.3. The highest BCUT2D eigenvalue weighted by Crippen LogP contribution is 2.20. The Hall–Kier alpha value is -2.89. The minimum Gasteiger partial charge on any atom is -0.494 e. The van der Waals surface area contributed by atoms with Crippen molar-refractivity contribution in [3.63, 3.8) is 0 Å². The number of benzene rings is 1. The van der Waals surface area contributed by atoms with Crippen LogP contribution in [0.5, 0.6) is 5.75 Å². The van der Waals surface area contributed by atoms with Crippen molar-refractivity contribution in [1.29, 1.82) is 0 Å². The summed E-state index contributed by atoms with van der Waals surface area (Å²) in [5.74, 6) is -0.683. The van der Waals surface area contributed by atoms with E-state index in [1.807, 2.05) is 0 Å². The van der Waals surface area contributed by atoms with Crippen LogP contribution in [-0.2, 0) is 19.1 Å². The molecule has 0 radical (unpaired) electrons. The van der Waals surface area contributed by atoms with Crippen LogP contribution in [-0.4, -0.2) is 30.9 Å². The summed E-state index contributed by atoms with van der Waals surface area (Å²) >= 11 is 0. The van der Waals surface area contributed by atoms with Crippen molar-refractivity contribution in [2.24, 2.45) is 0 Å². The number of rotatable bonds is 16. The number of allylic oxidation sites excluding steroid dienone is 3. The number of carbonyl (C=O) groups excluding carboxylic acids is 3. The molecule has 2 rings (SSSR count). The molecule has 6 heteroatoms. The summed E-state index contributed by atoms with van der Waals surface area (Å²) in [7, 11) is 0. The molecule has 0 heterocycles. The van der Waals surface area contributed by atoms with Crippen LogP contribution in [0.25, 0.3) is 0 Å².